The molecule has 5 nitrogen and oxygen atoms in total. The van der Waals surface area contributed by atoms with Crippen molar-refractivity contribution in [3.8, 4) is 10.7 Å². The molecule has 2 heterocycles. The van der Waals surface area contributed by atoms with Gasteiger partial charge in [0, 0.05) is 24.0 Å². The number of aromatic nitrogens is 3. The first kappa shape index (κ1) is 12.6. The lowest BCUT2D eigenvalue weighted by Gasteiger charge is -2.08. The van der Waals surface area contributed by atoms with Crippen LogP contribution in [0.15, 0.2) is 11.7 Å². The summed E-state index contributed by atoms with van der Waals surface area (Å²) in [6, 6.07) is 0. The molecule has 0 radical (unpaired) electrons. The number of aliphatic carboxylic acids is 1. The van der Waals surface area contributed by atoms with E-state index in [-0.39, 0.29) is 6.42 Å². The highest BCUT2D eigenvalue weighted by molar-refractivity contribution is 7.13. The zero-order valence-electron chi connectivity index (χ0n) is 10.2. The second kappa shape index (κ2) is 5.22. The van der Waals surface area contributed by atoms with Gasteiger partial charge >= 0.3 is 5.97 Å². The minimum Gasteiger partial charge on any atom is -0.481 e. The van der Waals surface area contributed by atoms with Crippen LogP contribution >= 0.6 is 11.3 Å². The molecule has 0 saturated carbocycles. The van der Waals surface area contributed by atoms with Crippen molar-refractivity contribution in [1.82, 2.24) is 15.0 Å². The number of aryl methyl sites for hydroxylation is 2. The van der Waals surface area contributed by atoms with E-state index in [1.165, 1.54) is 11.3 Å². The van der Waals surface area contributed by atoms with Crippen LogP contribution in [0.1, 0.15) is 23.4 Å². The van der Waals surface area contributed by atoms with Crippen molar-refractivity contribution in [3.63, 3.8) is 0 Å². The summed E-state index contributed by atoms with van der Waals surface area (Å²) in [7, 11) is 0. The minimum atomic E-state index is -0.805. The predicted octanol–water partition coefficient (Wildman–Crippen LogP) is 2.23. The van der Waals surface area contributed by atoms with E-state index in [0.717, 1.165) is 21.8 Å². The highest BCUT2D eigenvalue weighted by Gasteiger charge is 2.12. The molecule has 0 spiro atoms. The summed E-state index contributed by atoms with van der Waals surface area (Å²) in [5, 5.41) is 8.71. The lowest BCUT2D eigenvalue weighted by Crippen LogP contribution is -2.05. The van der Waals surface area contributed by atoms with Crippen LogP contribution in [-0.2, 0) is 11.2 Å². The number of hydrogen-bond donors (Lipinski definition) is 1. The van der Waals surface area contributed by atoms with Gasteiger partial charge in [0.1, 0.15) is 0 Å². The lowest BCUT2D eigenvalue weighted by molar-refractivity contribution is -0.136. The summed E-state index contributed by atoms with van der Waals surface area (Å²) in [6.07, 6.45) is 2.30. The molecule has 0 atom stereocenters. The van der Waals surface area contributed by atoms with E-state index in [0.29, 0.717) is 12.2 Å². The Kier molecular flexibility index (Phi) is 3.66. The number of nitrogens with zero attached hydrogens (tertiary/aromatic N) is 3. The van der Waals surface area contributed by atoms with Gasteiger partial charge in [-0.25, -0.2) is 9.97 Å². The Labute approximate surface area is 109 Å². The molecule has 0 aliphatic rings. The van der Waals surface area contributed by atoms with Crippen LogP contribution in [-0.4, -0.2) is 26.0 Å². The second-order valence-corrected chi connectivity index (χ2v) is 4.84. The Hall–Kier alpha value is -1.82. The van der Waals surface area contributed by atoms with Crippen LogP contribution in [0, 0.1) is 13.8 Å². The third kappa shape index (κ3) is 2.70. The zero-order chi connectivity index (χ0) is 13.1. The molecule has 0 aromatic carbocycles. The van der Waals surface area contributed by atoms with Crippen molar-refractivity contribution < 1.29 is 9.90 Å². The number of carboxylic acid groups (broad SMARTS) is 1. The van der Waals surface area contributed by atoms with Gasteiger partial charge in [-0.1, -0.05) is 0 Å². The fourth-order valence-electron chi connectivity index (χ4n) is 1.77. The number of thiazole rings is 1. The van der Waals surface area contributed by atoms with E-state index < -0.39 is 5.97 Å². The van der Waals surface area contributed by atoms with Crippen molar-refractivity contribution in [2.75, 3.05) is 0 Å². The van der Waals surface area contributed by atoms with E-state index >= 15 is 0 Å². The molecule has 6 heteroatoms. The Morgan fingerprint density at radius 1 is 1.33 bits per heavy atom. The second-order valence-electron chi connectivity index (χ2n) is 3.96. The van der Waals surface area contributed by atoms with Gasteiger partial charge in [0.25, 0.3) is 0 Å². The summed E-state index contributed by atoms with van der Waals surface area (Å²) in [4.78, 5) is 24.4. The normalized spacial score (nSPS) is 10.6. The molecule has 0 bridgehead atoms. The lowest BCUT2D eigenvalue weighted by atomic mass is 10.1. The predicted molar refractivity (Wildman–Crippen MR) is 68.6 cm³/mol. The molecule has 2 rings (SSSR count). The van der Waals surface area contributed by atoms with Crippen LogP contribution < -0.4 is 0 Å². The smallest absolute Gasteiger partial charge is 0.303 e. The third-order valence-corrected chi connectivity index (χ3v) is 3.43. The molecule has 18 heavy (non-hydrogen) atoms. The van der Waals surface area contributed by atoms with Crippen molar-refractivity contribution in [2.45, 2.75) is 26.7 Å². The monoisotopic (exact) mass is 263 g/mol. The molecule has 1 N–H and O–H groups in total. The first-order chi connectivity index (χ1) is 8.58. The number of rotatable bonds is 4. The van der Waals surface area contributed by atoms with Gasteiger partial charge in [-0.05, 0) is 25.8 Å². The highest BCUT2D eigenvalue weighted by atomic mass is 32.1. The molecule has 94 valence electrons. The molecule has 0 amide bonds. The minimum absolute atomic E-state index is 0.102. The summed E-state index contributed by atoms with van der Waals surface area (Å²) >= 11 is 1.49. The van der Waals surface area contributed by atoms with Crippen LogP contribution in [0.5, 0.6) is 0 Å². The summed E-state index contributed by atoms with van der Waals surface area (Å²) in [5.74, 6) is -0.146. The topological polar surface area (TPSA) is 76.0 Å². The van der Waals surface area contributed by atoms with E-state index in [1.54, 1.807) is 11.7 Å². The van der Waals surface area contributed by atoms with Gasteiger partial charge in [0.15, 0.2) is 5.82 Å². The fraction of sp³-hybridized carbons (Fsp3) is 0.333. The Bertz CT molecular complexity index is 544. The summed E-state index contributed by atoms with van der Waals surface area (Å²) in [5.41, 5.74) is 4.34. The van der Waals surface area contributed by atoms with Crippen molar-refractivity contribution in [1.29, 1.82) is 0 Å². The van der Waals surface area contributed by atoms with E-state index in [1.807, 2.05) is 13.8 Å². The Balaban J connectivity index is 2.32. The average Bonchev–Trinajstić information content (AvgIpc) is 2.80. The standard InChI is InChI=1S/C12H13N3O2S/c1-7-9(3-4-11(16)17)8(2)15-12(14-7)10-5-13-6-18-10/h5-6H,3-4H2,1-2H3,(H,16,17). The fourth-order valence-corrected chi connectivity index (χ4v) is 2.32. The van der Waals surface area contributed by atoms with Gasteiger partial charge in [0.05, 0.1) is 10.4 Å². The highest BCUT2D eigenvalue weighted by Crippen LogP contribution is 2.22. The first-order valence-corrected chi connectivity index (χ1v) is 6.40. The molecule has 0 unspecified atom stereocenters. The van der Waals surface area contributed by atoms with E-state index in [9.17, 15) is 4.79 Å². The molecule has 2 aromatic heterocycles. The van der Waals surface area contributed by atoms with Crippen molar-refractivity contribution in [3.05, 3.63) is 28.7 Å². The van der Waals surface area contributed by atoms with Crippen LogP contribution in [0.2, 0.25) is 0 Å². The maximum Gasteiger partial charge on any atom is 0.303 e. The van der Waals surface area contributed by atoms with Crippen LogP contribution in [0.4, 0.5) is 0 Å². The van der Waals surface area contributed by atoms with Gasteiger partial charge in [0.2, 0.25) is 0 Å². The number of hydrogen-bond acceptors (Lipinski definition) is 5. The van der Waals surface area contributed by atoms with Crippen molar-refractivity contribution >= 4 is 17.3 Å². The number of carbonyl (C=O) groups is 1. The van der Waals surface area contributed by atoms with Crippen LogP contribution in [0.25, 0.3) is 10.7 Å². The molecule has 2 aromatic rings. The molecule has 0 aliphatic carbocycles. The number of carboxylic acids is 1. The Morgan fingerprint density at radius 3 is 2.50 bits per heavy atom. The van der Waals surface area contributed by atoms with Gasteiger partial charge in [-0.2, -0.15) is 0 Å². The van der Waals surface area contributed by atoms with Gasteiger partial charge in [-0.3, -0.25) is 9.78 Å². The quantitative estimate of drug-likeness (QED) is 0.915. The maximum atomic E-state index is 10.6. The molecular formula is C12H13N3O2S. The molecule has 0 saturated heterocycles. The van der Waals surface area contributed by atoms with Gasteiger partial charge < -0.3 is 5.11 Å². The average molecular weight is 263 g/mol. The van der Waals surface area contributed by atoms with Crippen LogP contribution in [0.3, 0.4) is 0 Å². The van der Waals surface area contributed by atoms with E-state index in [4.69, 9.17) is 5.11 Å². The summed E-state index contributed by atoms with van der Waals surface area (Å²) in [6.45, 7) is 3.77. The largest absolute Gasteiger partial charge is 0.481 e. The van der Waals surface area contributed by atoms with E-state index in [2.05, 4.69) is 15.0 Å². The third-order valence-electron chi connectivity index (χ3n) is 2.66. The van der Waals surface area contributed by atoms with Gasteiger partial charge in [-0.15, -0.1) is 11.3 Å². The summed E-state index contributed by atoms with van der Waals surface area (Å²) < 4.78 is 0. The molecule has 0 aliphatic heterocycles. The zero-order valence-corrected chi connectivity index (χ0v) is 11.0. The maximum absolute atomic E-state index is 10.6. The Morgan fingerprint density at radius 2 is 2.00 bits per heavy atom. The molecule has 0 fully saturated rings. The SMILES string of the molecule is Cc1nc(-c2cncs2)nc(C)c1CCC(=O)O. The van der Waals surface area contributed by atoms with Crippen molar-refractivity contribution in [2.24, 2.45) is 0 Å². The molecular weight excluding hydrogens is 250 g/mol. The first-order valence-electron chi connectivity index (χ1n) is 5.52.